The average Bonchev–Trinajstić information content (AvgIpc) is 2.33. The number of benzene rings is 2. The van der Waals surface area contributed by atoms with Crippen LogP contribution in [0.1, 0.15) is 5.56 Å². The third-order valence-corrected chi connectivity index (χ3v) is 3.18. The van der Waals surface area contributed by atoms with Gasteiger partial charge in [-0.1, -0.05) is 36.4 Å². The largest absolute Gasteiger partial charge is 0.755 e. The summed E-state index contributed by atoms with van der Waals surface area (Å²) >= 11 is -2.33. The minimum absolute atomic E-state index is 0.634. The zero-order valence-corrected chi connectivity index (χ0v) is 10.2. The van der Waals surface area contributed by atoms with Crippen LogP contribution in [0.5, 0.6) is 0 Å². The Morgan fingerprint density at radius 1 is 1.00 bits per heavy atom. The normalized spacial score (nSPS) is 12.1. The molecule has 0 aliphatic heterocycles. The topological polar surface area (TPSA) is 43.4 Å². The lowest BCUT2D eigenvalue weighted by atomic mass is 10.2. The van der Waals surface area contributed by atoms with Crippen LogP contribution in [-0.4, -0.2) is 8.76 Å². The van der Waals surface area contributed by atoms with E-state index in [-0.39, 0.29) is 0 Å². The molecule has 2 rings (SSSR count). The van der Waals surface area contributed by atoms with Gasteiger partial charge in [-0.15, -0.1) is 0 Å². The number of nitrogens with zero attached hydrogens (tertiary/aromatic N) is 1. The van der Waals surface area contributed by atoms with E-state index in [1.165, 1.54) is 4.31 Å². The molecule has 4 heteroatoms. The van der Waals surface area contributed by atoms with Gasteiger partial charge in [0.25, 0.3) is 0 Å². The Morgan fingerprint density at radius 2 is 1.59 bits per heavy atom. The number of anilines is 2. The number of para-hydroxylation sites is 2. The van der Waals surface area contributed by atoms with E-state index in [2.05, 4.69) is 0 Å². The second kappa shape index (κ2) is 5.12. The van der Waals surface area contributed by atoms with Gasteiger partial charge in [0, 0.05) is 0 Å². The van der Waals surface area contributed by atoms with Crippen LogP contribution in [0.3, 0.4) is 0 Å². The van der Waals surface area contributed by atoms with Crippen molar-refractivity contribution >= 4 is 22.6 Å². The number of aryl methyl sites for hydroxylation is 1. The van der Waals surface area contributed by atoms with E-state index in [1.54, 1.807) is 18.2 Å². The molecule has 0 N–H and O–H groups in total. The number of rotatable bonds is 3. The molecule has 3 nitrogen and oxygen atoms in total. The van der Waals surface area contributed by atoms with E-state index < -0.39 is 11.3 Å². The molecule has 0 bridgehead atoms. The predicted octanol–water partition coefficient (Wildman–Crippen LogP) is 2.93. The monoisotopic (exact) mass is 246 g/mol. The van der Waals surface area contributed by atoms with Crippen LogP contribution in [0.4, 0.5) is 11.4 Å². The van der Waals surface area contributed by atoms with Crippen molar-refractivity contribution in [2.75, 3.05) is 4.31 Å². The molecular weight excluding hydrogens is 234 g/mol. The van der Waals surface area contributed by atoms with Gasteiger partial charge in [-0.3, -0.25) is 8.51 Å². The second-order valence-electron chi connectivity index (χ2n) is 3.63. The fraction of sp³-hybridized carbons (Fsp3) is 0.0769. The van der Waals surface area contributed by atoms with Gasteiger partial charge in [0.1, 0.15) is 0 Å². The van der Waals surface area contributed by atoms with Crippen molar-refractivity contribution < 1.29 is 8.76 Å². The Morgan fingerprint density at radius 3 is 2.18 bits per heavy atom. The van der Waals surface area contributed by atoms with Crippen LogP contribution in [0.2, 0.25) is 0 Å². The molecular formula is C13H12NO2S-. The molecule has 0 heterocycles. The highest BCUT2D eigenvalue weighted by Gasteiger charge is 2.11. The second-order valence-corrected chi connectivity index (χ2v) is 4.43. The molecule has 0 aromatic heterocycles. The highest BCUT2D eigenvalue weighted by Crippen LogP contribution is 2.28. The first-order chi connectivity index (χ1) is 8.20. The Labute approximate surface area is 103 Å². The molecule has 1 unspecified atom stereocenters. The summed E-state index contributed by atoms with van der Waals surface area (Å²) in [5.74, 6) is 0. The third-order valence-electron chi connectivity index (χ3n) is 2.47. The van der Waals surface area contributed by atoms with Crippen molar-refractivity contribution in [3.05, 3.63) is 60.2 Å². The van der Waals surface area contributed by atoms with Crippen LogP contribution in [0.25, 0.3) is 0 Å². The van der Waals surface area contributed by atoms with Crippen molar-refractivity contribution in [3.63, 3.8) is 0 Å². The lowest BCUT2D eigenvalue weighted by Gasteiger charge is -2.27. The van der Waals surface area contributed by atoms with E-state index in [1.807, 2.05) is 43.3 Å². The van der Waals surface area contributed by atoms with Crippen molar-refractivity contribution in [1.82, 2.24) is 0 Å². The summed E-state index contributed by atoms with van der Waals surface area (Å²) in [6, 6.07) is 16.4. The summed E-state index contributed by atoms with van der Waals surface area (Å²) < 4.78 is 24.0. The summed E-state index contributed by atoms with van der Waals surface area (Å²) in [5, 5.41) is 0. The van der Waals surface area contributed by atoms with Crippen molar-refractivity contribution in [2.24, 2.45) is 0 Å². The van der Waals surface area contributed by atoms with Crippen molar-refractivity contribution in [3.8, 4) is 0 Å². The molecule has 0 fully saturated rings. The Hall–Kier alpha value is -1.65. The minimum Gasteiger partial charge on any atom is -0.755 e. The smallest absolute Gasteiger partial charge is 0.0567 e. The standard InChI is InChI=1S/C13H13NO2S/c1-11-7-5-6-10-13(11)14(17(15)16)12-8-3-2-4-9-12/h2-10H,1H3,(H,15,16)/p-1. The van der Waals surface area contributed by atoms with Crippen LogP contribution in [-0.2, 0) is 11.3 Å². The summed E-state index contributed by atoms with van der Waals surface area (Å²) in [5.41, 5.74) is 2.22. The molecule has 88 valence electrons. The first-order valence-electron chi connectivity index (χ1n) is 5.20. The van der Waals surface area contributed by atoms with Crippen LogP contribution in [0, 0.1) is 6.92 Å². The Balaban J connectivity index is 2.51. The molecule has 0 saturated carbocycles. The quantitative estimate of drug-likeness (QED) is 0.781. The highest BCUT2D eigenvalue weighted by atomic mass is 32.2. The van der Waals surface area contributed by atoms with Crippen LogP contribution >= 0.6 is 0 Å². The van der Waals surface area contributed by atoms with Gasteiger partial charge >= 0.3 is 0 Å². The first-order valence-corrected chi connectivity index (χ1v) is 6.23. The number of hydrogen-bond donors (Lipinski definition) is 0. The van der Waals surface area contributed by atoms with Gasteiger partial charge in [-0.2, -0.15) is 0 Å². The molecule has 0 aliphatic carbocycles. The maximum Gasteiger partial charge on any atom is 0.0567 e. The molecule has 2 aromatic carbocycles. The van der Waals surface area contributed by atoms with Gasteiger partial charge in [0.2, 0.25) is 0 Å². The number of hydrogen-bond acceptors (Lipinski definition) is 2. The van der Waals surface area contributed by atoms with E-state index in [0.717, 1.165) is 5.56 Å². The van der Waals surface area contributed by atoms with Gasteiger partial charge in [0.15, 0.2) is 0 Å². The molecule has 17 heavy (non-hydrogen) atoms. The first kappa shape index (κ1) is 11.8. The van der Waals surface area contributed by atoms with E-state index in [0.29, 0.717) is 11.4 Å². The van der Waals surface area contributed by atoms with Gasteiger partial charge < -0.3 is 4.55 Å². The predicted molar refractivity (Wildman–Crippen MR) is 68.7 cm³/mol. The van der Waals surface area contributed by atoms with E-state index in [4.69, 9.17) is 0 Å². The zero-order valence-electron chi connectivity index (χ0n) is 9.37. The van der Waals surface area contributed by atoms with Crippen LogP contribution < -0.4 is 4.31 Å². The zero-order chi connectivity index (χ0) is 12.3. The van der Waals surface area contributed by atoms with Gasteiger partial charge in [0.05, 0.1) is 22.6 Å². The maximum absolute atomic E-state index is 11.4. The van der Waals surface area contributed by atoms with Gasteiger partial charge in [-0.25, -0.2) is 0 Å². The molecule has 0 spiro atoms. The third kappa shape index (κ3) is 2.54. The molecule has 1 atom stereocenters. The molecule has 0 saturated heterocycles. The lowest BCUT2D eigenvalue weighted by molar-refractivity contribution is 0.537. The summed E-state index contributed by atoms with van der Waals surface area (Å²) in [4.78, 5) is 0. The summed E-state index contributed by atoms with van der Waals surface area (Å²) in [7, 11) is 0. The molecule has 0 amide bonds. The average molecular weight is 246 g/mol. The summed E-state index contributed by atoms with van der Waals surface area (Å²) in [6.07, 6.45) is 0. The van der Waals surface area contributed by atoms with Crippen LogP contribution in [0.15, 0.2) is 54.6 Å². The molecule has 2 aromatic rings. The minimum atomic E-state index is -2.33. The maximum atomic E-state index is 11.4. The molecule has 0 radical (unpaired) electrons. The highest BCUT2D eigenvalue weighted by molar-refractivity contribution is 7.81. The fourth-order valence-corrected chi connectivity index (χ4v) is 2.32. The van der Waals surface area contributed by atoms with Gasteiger partial charge in [-0.05, 0) is 30.7 Å². The Bertz CT molecular complexity index is 528. The van der Waals surface area contributed by atoms with E-state index >= 15 is 0 Å². The summed E-state index contributed by atoms with van der Waals surface area (Å²) in [6.45, 7) is 1.89. The van der Waals surface area contributed by atoms with Crippen molar-refractivity contribution in [2.45, 2.75) is 6.92 Å². The Kier molecular flexibility index (Phi) is 3.56. The lowest BCUT2D eigenvalue weighted by Crippen LogP contribution is -2.20. The SMILES string of the molecule is Cc1ccccc1N(c1ccccc1)S(=O)[O-]. The fourth-order valence-electron chi connectivity index (χ4n) is 1.66. The van der Waals surface area contributed by atoms with Crippen molar-refractivity contribution in [1.29, 1.82) is 0 Å². The molecule has 0 aliphatic rings. The van der Waals surface area contributed by atoms with E-state index in [9.17, 15) is 8.76 Å².